The zero-order valence-corrected chi connectivity index (χ0v) is 17.0. The predicted molar refractivity (Wildman–Crippen MR) is 114 cm³/mol. The number of carbonyl (C=O) groups excluding carboxylic acids is 1. The van der Waals surface area contributed by atoms with E-state index in [4.69, 9.17) is 9.47 Å². The lowest BCUT2D eigenvalue weighted by atomic mass is 10.2. The number of nitrogens with one attached hydrogen (secondary N) is 1. The number of ether oxygens (including phenoxy) is 2. The highest BCUT2D eigenvalue weighted by molar-refractivity contribution is 7.14. The number of carbonyl (C=O) groups is 1. The quantitative estimate of drug-likeness (QED) is 0.589. The first-order valence-electron chi connectivity index (χ1n) is 8.97. The molecule has 0 saturated heterocycles. The maximum atomic E-state index is 13.0. The van der Waals surface area contributed by atoms with Crippen molar-refractivity contribution in [3.8, 4) is 22.8 Å². The Balaban J connectivity index is 1.85. The number of benzene rings is 2. The van der Waals surface area contributed by atoms with E-state index >= 15 is 0 Å². The van der Waals surface area contributed by atoms with Gasteiger partial charge in [0.2, 0.25) is 0 Å². The number of thiazole rings is 1. The van der Waals surface area contributed by atoms with Gasteiger partial charge in [-0.05, 0) is 18.6 Å². The fourth-order valence-electron chi connectivity index (χ4n) is 2.73. The van der Waals surface area contributed by atoms with Gasteiger partial charge < -0.3 is 14.8 Å². The maximum Gasteiger partial charge on any atom is 0.328 e. The third-order valence-corrected chi connectivity index (χ3v) is 5.00. The van der Waals surface area contributed by atoms with Crippen LogP contribution in [-0.4, -0.2) is 31.8 Å². The van der Waals surface area contributed by atoms with Crippen molar-refractivity contribution >= 4 is 28.2 Å². The molecule has 2 amide bonds. The first kappa shape index (κ1) is 19.7. The summed E-state index contributed by atoms with van der Waals surface area (Å²) in [6.07, 6.45) is 0.808. The van der Waals surface area contributed by atoms with Crippen molar-refractivity contribution in [2.45, 2.75) is 13.3 Å². The summed E-state index contributed by atoms with van der Waals surface area (Å²) in [4.78, 5) is 19.3. The molecule has 1 aromatic heterocycles. The smallest absolute Gasteiger partial charge is 0.328 e. The van der Waals surface area contributed by atoms with E-state index in [9.17, 15) is 4.79 Å². The highest BCUT2D eigenvalue weighted by Gasteiger charge is 2.20. The van der Waals surface area contributed by atoms with Gasteiger partial charge in [-0.1, -0.05) is 37.3 Å². The lowest BCUT2D eigenvalue weighted by Crippen LogP contribution is -2.35. The lowest BCUT2D eigenvalue weighted by molar-refractivity contribution is 0.256. The second-order valence-electron chi connectivity index (χ2n) is 6.03. The summed E-state index contributed by atoms with van der Waals surface area (Å²) in [5, 5.41) is 5.54. The molecular formula is C21H23N3O3S. The monoisotopic (exact) mass is 397 g/mol. The van der Waals surface area contributed by atoms with Crippen molar-refractivity contribution in [3.63, 3.8) is 0 Å². The van der Waals surface area contributed by atoms with E-state index in [1.807, 2.05) is 42.6 Å². The van der Waals surface area contributed by atoms with Crippen molar-refractivity contribution in [3.05, 3.63) is 53.9 Å². The zero-order valence-electron chi connectivity index (χ0n) is 16.1. The third kappa shape index (κ3) is 4.43. The number of methoxy groups -OCH3 is 2. The zero-order chi connectivity index (χ0) is 19.9. The second-order valence-corrected chi connectivity index (χ2v) is 6.87. The Kier molecular flexibility index (Phi) is 6.49. The number of hydrogen-bond donors (Lipinski definition) is 1. The average molecular weight is 398 g/mol. The summed E-state index contributed by atoms with van der Waals surface area (Å²) < 4.78 is 10.6. The number of anilines is 2. The summed E-state index contributed by atoms with van der Waals surface area (Å²) in [5.74, 6) is 1.20. The van der Waals surface area contributed by atoms with Crippen LogP contribution in [-0.2, 0) is 0 Å². The largest absolute Gasteiger partial charge is 0.497 e. The molecule has 0 saturated carbocycles. The molecule has 1 heterocycles. The Bertz CT molecular complexity index is 928. The minimum Gasteiger partial charge on any atom is -0.497 e. The highest BCUT2D eigenvalue weighted by atomic mass is 32.1. The van der Waals surface area contributed by atoms with Gasteiger partial charge in [0.1, 0.15) is 11.5 Å². The Labute approximate surface area is 168 Å². The van der Waals surface area contributed by atoms with Gasteiger partial charge in [-0.25, -0.2) is 9.78 Å². The van der Waals surface area contributed by atoms with E-state index in [0.717, 1.165) is 17.7 Å². The Morgan fingerprint density at radius 3 is 2.61 bits per heavy atom. The molecule has 0 fully saturated rings. The van der Waals surface area contributed by atoms with E-state index in [1.54, 1.807) is 37.3 Å². The number of nitrogens with zero attached hydrogens (tertiary/aromatic N) is 2. The molecule has 0 spiro atoms. The maximum absolute atomic E-state index is 13.0. The highest BCUT2D eigenvalue weighted by Crippen LogP contribution is 2.31. The Hall–Kier alpha value is -3.06. The molecule has 146 valence electrons. The molecule has 0 aliphatic carbocycles. The molecule has 0 aliphatic rings. The van der Waals surface area contributed by atoms with Crippen LogP contribution in [0.15, 0.2) is 53.9 Å². The van der Waals surface area contributed by atoms with Crippen LogP contribution in [0, 0.1) is 0 Å². The van der Waals surface area contributed by atoms with E-state index in [2.05, 4.69) is 10.3 Å². The number of urea groups is 1. The van der Waals surface area contributed by atoms with Crippen LogP contribution < -0.4 is 19.7 Å². The first-order valence-corrected chi connectivity index (χ1v) is 9.85. The molecule has 2 aromatic carbocycles. The second kappa shape index (κ2) is 9.23. The predicted octanol–water partition coefficient (Wildman–Crippen LogP) is 5.28. The van der Waals surface area contributed by atoms with E-state index in [0.29, 0.717) is 28.9 Å². The van der Waals surface area contributed by atoms with E-state index < -0.39 is 0 Å². The number of rotatable bonds is 7. The fraction of sp³-hybridized carbons (Fsp3) is 0.238. The van der Waals surface area contributed by atoms with Gasteiger partial charge in [-0.3, -0.25) is 4.90 Å². The molecule has 1 N–H and O–H groups in total. The van der Waals surface area contributed by atoms with Gasteiger partial charge >= 0.3 is 6.03 Å². The molecule has 3 aromatic rings. The SMILES string of the molecule is CCCN(C(=O)Nc1cc(OC)ccc1OC)c1nc(-c2ccccc2)cs1. The third-order valence-electron chi connectivity index (χ3n) is 4.13. The van der Waals surface area contributed by atoms with Crippen LogP contribution >= 0.6 is 11.3 Å². The van der Waals surface area contributed by atoms with Crippen molar-refractivity contribution in [1.82, 2.24) is 4.98 Å². The van der Waals surface area contributed by atoms with E-state index in [-0.39, 0.29) is 6.03 Å². The summed E-state index contributed by atoms with van der Waals surface area (Å²) in [5.41, 5.74) is 2.43. The molecule has 6 nitrogen and oxygen atoms in total. The van der Waals surface area contributed by atoms with Gasteiger partial charge in [0.05, 0.1) is 25.6 Å². The molecule has 0 atom stereocenters. The van der Waals surface area contributed by atoms with Crippen LogP contribution in [0.3, 0.4) is 0 Å². The van der Waals surface area contributed by atoms with Crippen molar-refractivity contribution in [2.24, 2.45) is 0 Å². The minimum atomic E-state index is -0.262. The molecule has 28 heavy (non-hydrogen) atoms. The molecule has 3 rings (SSSR count). The van der Waals surface area contributed by atoms with Gasteiger partial charge in [0.15, 0.2) is 5.13 Å². The summed E-state index contributed by atoms with van der Waals surface area (Å²) >= 11 is 1.45. The normalized spacial score (nSPS) is 10.4. The molecule has 0 bridgehead atoms. The van der Waals surface area contributed by atoms with Crippen LogP contribution in [0.1, 0.15) is 13.3 Å². The first-order chi connectivity index (χ1) is 13.7. The molecule has 0 unspecified atom stereocenters. The van der Waals surface area contributed by atoms with Crippen LogP contribution in [0.4, 0.5) is 15.6 Å². The summed E-state index contributed by atoms with van der Waals surface area (Å²) in [7, 11) is 3.14. The van der Waals surface area contributed by atoms with Crippen LogP contribution in [0.2, 0.25) is 0 Å². The van der Waals surface area contributed by atoms with Gasteiger partial charge in [-0.15, -0.1) is 11.3 Å². The van der Waals surface area contributed by atoms with Crippen molar-refractivity contribution in [2.75, 3.05) is 31.0 Å². The molecule has 0 radical (unpaired) electrons. The molecular weight excluding hydrogens is 374 g/mol. The number of amides is 2. The number of aromatic nitrogens is 1. The Morgan fingerprint density at radius 2 is 1.93 bits per heavy atom. The minimum absolute atomic E-state index is 0.262. The van der Waals surface area contributed by atoms with Crippen LogP contribution in [0.25, 0.3) is 11.3 Å². The van der Waals surface area contributed by atoms with Gasteiger partial charge in [0, 0.05) is 23.6 Å². The van der Waals surface area contributed by atoms with Gasteiger partial charge in [0.25, 0.3) is 0 Å². The topological polar surface area (TPSA) is 63.7 Å². The Morgan fingerprint density at radius 1 is 1.14 bits per heavy atom. The van der Waals surface area contributed by atoms with Crippen molar-refractivity contribution in [1.29, 1.82) is 0 Å². The number of hydrogen-bond acceptors (Lipinski definition) is 5. The summed E-state index contributed by atoms with van der Waals surface area (Å²) in [6.45, 7) is 2.58. The van der Waals surface area contributed by atoms with Gasteiger partial charge in [-0.2, -0.15) is 0 Å². The van der Waals surface area contributed by atoms with E-state index in [1.165, 1.54) is 11.3 Å². The molecule has 7 heteroatoms. The van der Waals surface area contributed by atoms with Crippen LogP contribution in [0.5, 0.6) is 11.5 Å². The fourth-order valence-corrected chi connectivity index (χ4v) is 3.59. The lowest BCUT2D eigenvalue weighted by Gasteiger charge is -2.20. The molecule has 0 aliphatic heterocycles. The average Bonchev–Trinajstić information content (AvgIpc) is 3.22. The summed E-state index contributed by atoms with van der Waals surface area (Å²) in [6, 6.07) is 14.9. The van der Waals surface area contributed by atoms with Crippen molar-refractivity contribution < 1.29 is 14.3 Å². The standard InChI is InChI=1S/C21H23N3O3S/c1-4-12-24(21-23-18(14-28-21)15-8-6-5-7-9-15)20(25)22-17-13-16(26-2)10-11-19(17)27-3/h5-11,13-14H,4,12H2,1-3H3,(H,22,25).